The van der Waals surface area contributed by atoms with Gasteiger partial charge in [0.05, 0.1) is 0 Å². The Morgan fingerprint density at radius 3 is 1.67 bits per heavy atom. The SMILES string of the molecule is CC[N]([Ti])CC. The van der Waals surface area contributed by atoms with Crippen molar-refractivity contribution < 1.29 is 20.7 Å². The molecule has 0 bridgehead atoms. The van der Waals surface area contributed by atoms with Gasteiger partial charge in [-0.25, -0.2) is 0 Å². The molecular weight excluding hydrogens is 110 g/mol. The Bertz CT molecular complexity index is 26.7. The topological polar surface area (TPSA) is 3.24 Å². The van der Waals surface area contributed by atoms with Crippen LogP contribution in [0.5, 0.6) is 0 Å². The molecule has 0 N–H and O–H groups in total. The van der Waals surface area contributed by atoms with Crippen molar-refractivity contribution in [2.75, 3.05) is 13.1 Å². The minimum absolute atomic E-state index is 1.16. The molecule has 0 aliphatic carbocycles. The molecule has 0 heterocycles. The Balaban J connectivity index is 2.75. The normalized spacial score (nSPS) is 9.67. The molecule has 0 atom stereocenters. The van der Waals surface area contributed by atoms with E-state index in [1.807, 2.05) is 0 Å². The summed E-state index contributed by atoms with van der Waals surface area (Å²) >= 11 is 2.11. The van der Waals surface area contributed by atoms with E-state index in [2.05, 4.69) is 37.9 Å². The van der Waals surface area contributed by atoms with Gasteiger partial charge >= 0.3 is 51.0 Å². The summed E-state index contributed by atoms with van der Waals surface area (Å²) < 4.78 is 2.25. The summed E-state index contributed by atoms with van der Waals surface area (Å²) in [6.45, 7) is 6.64. The predicted molar refractivity (Wildman–Crippen MR) is 22.9 cm³/mol. The van der Waals surface area contributed by atoms with Crippen LogP contribution in [0.4, 0.5) is 0 Å². The van der Waals surface area contributed by atoms with Gasteiger partial charge in [-0.05, 0) is 0 Å². The van der Waals surface area contributed by atoms with Crippen LogP contribution in [0.15, 0.2) is 0 Å². The fraction of sp³-hybridized carbons (Fsp3) is 1.00. The molecule has 0 fully saturated rings. The van der Waals surface area contributed by atoms with Crippen LogP contribution in [0.25, 0.3) is 0 Å². The Hall–Kier alpha value is 0.674. The standard InChI is InChI=1S/C4H10N.Ti/c1-3-5-4-2;/h3-4H2,1-2H3;/q-1;+1. The van der Waals surface area contributed by atoms with Crippen LogP contribution in [0.1, 0.15) is 13.8 Å². The third-order valence-electron chi connectivity index (χ3n) is 0.763. The monoisotopic (exact) mass is 120 g/mol. The van der Waals surface area contributed by atoms with Crippen LogP contribution in [-0.4, -0.2) is 16.5 Å². The van der Waals surface area contributed by atoms with E-state index >= 15 is 0 Å². The molecule has 0 aromatic rings. The van der Waals surface area contributed by atoms with Gasteiger partial charge in [0, 0.05) is 0 Å². The fourth-order valence-corrected chi connectivity index (χ4v) is 0.224. The molecule has 2 heteroatoms. The van der Waals surface area contributed by atoms with Gasteiger partial charge in [-0.1, -0.05) is 0 Å². The summed E-state index contributed by atoms with van der Waals surface area (Å²) in [7, 11) is 0. The van der Waals surface area contributed by atoms with Crippen molar-refractivity contribution >= 4 is 0 Å². The zero-order valence-corrected chi connectivity index (χ0v) is 5.92. The number of rotatable bonds is 2. The number of hydrogen-bond donors (Lipinski definition) is 0. The van der Waals surface area contributed by atoms with Crippen LogP contribution >= 0.6 is 0 Å². The first-order valence-corrected chi connectivity index (χ1v) is 2.97. The summed E-state index contributed by atoms with van der Waals surface area (Å²) in [6.07, 6.45) is 0. The Morgan fingerprint density at radius 2 is 1.67 bits per heavy atom. The molecule has 1 nitrogen and oxygen atoms in total. The van der Waals surface area contributed by atoms with E-state index in [4.69, 9.17) is 0 Å². The molecule has 0 aliphatic rings. The average molecular weight is 120 g/mol. The van der Waals surface area contributed by atoms with Crippen molar-refractivity contribution in [3.8, 4) is 0 Å². The van der Waals surface area contributed by atoms with E-state index in [9.17, 15) is 0 Å². The molecule has 6 heavy (non-hydrogen) atoms. The molecule has 0 aromatic carbocycles. The van der Waals surface area contributed by atoms with Crippen molar-refractivity contribution in [1.82, 2.24) is 3.38 Å². The van der Waals surface area contributed by atoms with E-state index in [-0.39, 0.29) is 0 Å². The second kappa shape index (κ2) is 3.85. The first kappa shape index (κ1) is 6.67. The van der Waals surface area contributed by atoms with Gasteiger partial charge in [-0.2, -0.15) is 0 Å². The minimum atomic E-state index is 1.16. The van der Waals surface area contributed by atoms with Gasteiger partial charge < -0.3 is 0 Å². The van der Waals surface area contributed by atoms with Crippen LogP contribution in [0.2, 0.25) is 0 Å². The molecule has 0 saturated carbocycles. The zero-order chi connectivity index (χ0) is 4.99. The Labute approximate surface area is 51.4 Å². The van der Waals surface area contributed by atoms with Crippen molar-refractivity contribution in [2.24, 2.45) is 0 Å². The molecule has 0 spiro atoms. The Kier molecular flexibility index (Phi) is 4.28. The van der Waals surface area contributed by atoms with Gasteiger partial charge in [-0.3, -0.25) is 0 Å². The molecule has 0 radical (unpaired) electrons. The van der Waals surface area contributed by atoms with Crippen molar-refractivity contribution in [3.63, 3.8) is 0 Å². The second-order valence-corrected chi connectivity index (χ2v) is 2.16. The third kappa shape index (κ3) is 2.89. The van der Waals surface area contributed by atoms with Crippen molar-refractivity contribution in [3.05, 3.63) is 0 Å². The van der Waals surface area contributed by atoms with Gasteiger partial charge in [0.2, 0.25) is 0 Å². The molecule has 0 amide bonds. The van der Waals surface area contributed by atoms with Gasteiger partial charge in [0.25, 0.3) is 0 Å². The van der Waals surface area contributed by atoms with Crippen LogP contribution < -0.4 is 0 Å². The first-order chi connectivity index (χ1) is 2.81. The summed E-state index contributed by atoms with van der Waals surface area (Å²) in [5, 5.41) is 0. The van der Waals surface area contributed by atoms with E-state index in [1.165, 1.54) is 0 Å². The van der Waals surface area contributed by atoms with E-state index in [1.54, 1.807) is 0 Å². The van der Waals surface area contributed by atoms with Crippen LogP contribution in [0, 0.1) is 0 Å². The molecule has 0 saturated heterocycles. The molecular formula is C4H10NTi. The number of nitrogens with zero attached hydrogens (tertiary/aromatic N) is 1. The van der Waals surface area contributed by atoms with Gasteiger partial charge in [0.15, 0.2) is 0 Å². The molecule has 0 aromatic heterocycles. The molecule has 0 rings (SSSR count). The van der Waals surface area contributed by atoms with Crippen LogP contribution in [-0.2, 0) is 20.7 Å². The summed E-state index contributed by atoms with van der Waals surface area (Å²) in [5.74, 6) is 0. The van der Waals surface area contributed by atoms with Crippen LogP contribution in [0.3, 0.4) is 0 Å². The Morgan fingerprint density at radius 1 is 1.33 bits per heavy atom. The van der Waals surface area contributed by atoms with Crippen molar-refractivity contribution in [2.45, 2.75) is 13.8 Å². The van der Waals surface area contributed by atoms with Crippen molar-refractivity contribution in [1.29, 1.82) is 0 Å². The molecule has 0 unspecified atom stereocenters. The third-order valence-corrected chi connectivity index (χ3v) is 1.75. The van der Waals surface area contributed by atoms with E-state index in [0.717, 1.165) is 13.1 Å². The predicted octanol–water partition coefficient (Wildman–Crippen LogP) is 0.790. The average Bonchev–Trinajstić information content (AvgIpc) is 1.65. The quantitative estimate of drug-likeness (QED) is 0.487. The summed E-state index contributed by atoms with van der Waals surface area (Å²) in [5.41, 5.74) is 0. The number of hydrogen-bond acceptors (Lipinski definition) is 1. The maximum atomic E-state index is 2.25. The van der Waals surface area contributed by atoms with Gasteiger partial charge in [-0.15, -0.1) is 0 Å². The fourth-order valence-electron chi connectivity index (χ4n) is 0.224. The van der Waals surface area contributed by atoms with E-state index in [0.29, 0.717) is 0 Å². The molecule has 35 valence electrons. The zero-order valence-electron chi connectivity index (χ0n) is 4.36. The maximum absolute atomic E-state index is 2.25. The van der Waals surface area contributed by atoms with Gasteiger partial charge in [0.1, 0.15) is 0 Å². The summed E-state index contributed by atoms with van der Waals surface area (Å²) in [6, 6.07) is 0. The summed E-state index contributed by atoms with van der Waals surface area (Å²) in [4.78, 5) is 0. The molecule has 0 aliphatic heterocycles. The first-order valence-electron chi connectivity index (χ1n) is 2.27. The second-order valence-electron chi connectivity index (χ2n) is 1.17. The van der Waals surface area contributed by atoms with E-state index < -0.39 is 0 Å².